The van der Waals surface area contributed by atoms with Gasteiger partial charge in [-0.2, -0.15) is 0 Å². The largest absolute Gasteiger partial charge is 0.457 e. The van der Waals surface area contributed by atoms with Crippen LogP contribution in [0.15, 0.2) is 24.3 Å². The predicted molar refractivity (Wildman–Crippen MR) is 53.0 cm³/mol. The predicted octanol–water partition coefficient (Wildman–Crippen LogP) is 1.07. The summed E-state index contributed by atoms with van der Waals surface area (Å²) in [6.45, 7) is 0.0232. The van der Waals surface area contributed by atoms with E-state index in [1.807, 2.05) is 24.3 Å². The number of hydrogen-bond donors (Lipinski definition) is 1. The summed E-state index contributed by atoms with van der Waals surface area (Å²) in [6, 6.07) is 7.93. The smallest absolute Gasteiger partial charge is 0.310 e. The van der Waals surface area contributed by atoms with Gasteiger partial charge in [-0.3, -0.25) is 4.79 Å². The molecule has 0 amide bonds. The van der Waals surface area contributed by atoms with Crippen LogP contribution in [0.3, 0.4) is 0 Å². The number of fused-ring (bicyclic) bond motifs is 4. The van der Waals surface area contributed by atoms with Crippen molar-refractivity contribution in [1.29, 1.82) is 0 Å². The van der Waals surface area contributed by atoms with E-state index in [0.29, 0.717) is 6.42 Å². The second-order valence-corrected chi connectivity index (χ2v) is 4.21. The van der Waals surface area contributed by atoms with E-state index < -0.39 is 0 Å². The van der Waals surface area contributed by atoms with Crippen LogP contribution in [0.1, 0.15) is 17.2 Å². The number of hydrogen-bond acceptors (Lipinski definition) is 3. The van der Waals surface area contributed by atoms with E-state index in [1.54, 1.807) is 0 Å². The highest BCUT2D eigenvalue weighted by Gasteiger charge is 2.48. The van der Waals surface area contributed by atoms with Crippen molar-refractivity contribution < 1.29 is 14.6 Å². The summed E-state index contributed by atoms with van der Waals surface area (Å²) in [5, 5.41) is 9.28. The van der Waals surface area contributed by atoms with E-state index >= 15 is 0 Å². The zero-order chi connectivity index (χ0) is 10.4. The Labute approximate surface area is 87.7 Å². The van der Waals surface area contributed by atoms with Gasteiger partial charge in [0.2, 0.25) is 0 Å². The van der Waals surface area contributed by atoms with Crippen LogP contribution >= 0.6 is 0 Å². The van der Waals surface area contributed by atoms with E-state index in [1.165, 1.54) is 5.56 Å². The highest BCUT2D eigenvalue weighted by Crippen LogP contribution is 2.46. The first kappa shape index (κ1) is 8.92. The zero-order valence-electron chi connectivity index (χ0n) is 8.22. The molecule has 15 heavy (non-hydrogen) atoms. The normalized spacial score (nSPS) is 32.3. The first-order chi connectivity index (χ1) is 7.31. The van der Waals surface area contributed by atoms with Gasteiger partial charge in [-0.05, 0) is 17.5 Å². The van der Waals surface area contributed by atoms with Crippen LogP contribution in [0.25, 0.3) is 0 Å². The molecule has 3 heteroatoms. The molecular formula is C12H12O3. The van der Waals surface area contributed by atoms with Crippen molar-refractivity contribution in [1.82, 2.24) is 0 Å². The Kier molecular flexibility index (Phi) is 1.83. The maximum absolute atomic E-state index is 11.6. The molecule has 2 bridgehead atoms. The standard InChI is InChI=1S/C12H12O3/c13-6-10-9-5-7-3-1-2-4-8(7)11(10)15-12(9)14/h1-4,9-11,13H,5-6H2/t9-,10-,11-/m1/s1. The molecule has 1 aromatic rings. The molecular weight excluding hydrogens is 192 g/mol. The van der Waals surface area contributed by atoms with Crippen LogP contribution in [0, 0.1) is 11.8 Å². The van der Waals surface area contributed by atoms with Crippen LogP contribution in [0.5, 0.6) is 0 Å². The van der Waals surface area contributed by atoms with E-state index in [4.69, 9.17) is 4.74 Å². The third kappa shape index (κ3) is 1.13. The average Bonchev–Trinajstić information content (AvgIpc) is 2.49. The number of benzene rings is 1. The van der Waals surface area contributed by atoms with Crippen molar-refractivity contribution in [2.75, 3.05) is 6.61 Å². The van der Waals surface area contributed by atoms with Gasteiger partial charge >= 0.3 is 5.97 Å². The van der Waals surface area contributed by atoms with E-state index in [-0.39, 0.29) is 30.5 Å². The first-order valence-corrected chi connectivity index (χ1v) is 5.20. The summed E-state index contributed by atoms with van der Waals surface area (Å²) in [4.78, 5) is 11.6. The molecule has 1 aromatic carbocycles. The van der Waals surface area contributed by atoms with Gasteiger partial charge in [0, 0.05) is 5.92 Å². The van der Waals surface area contributed by atoms with Gasteiger partial charge in [-0.25, -0.2) is 0 Å². The second kappa shape index (κ2) is 3.07. The van der Waals surface area contributed by atoms with Crippen molar-refractivity contribution in [2.24, 2.45) is 11.8 Å². The van der Waals surface area contributed by atoms with Gasteiger partial charge in [0.15, 0.2) is 0 Å². The Hall–Kier alpha value is -1.35. The summed E-state index contributed by atoms with van der Waals surface area (Å²) in [6.07, 6.45) is 0.481. The Balaban J connectivity index is 2.10. The van der Waals surface area contributed by atoms with E-state index in [9.17, 15) is 9.90 Å². The number of ether oxygens (including phenoxy) is 1. The average molecular weight is 204 g/mol. The Morgan fingerprint density at radius 3 is 3.00 bits per heavy atom. The fourth-order valence-electron chi connectivity index (χ4n) is 2.67. The van der Waals surface area contributed by atoms with Crippen LogP contribution in [0.4, 0.5) is 0 Å². The number of aliphatic hydroxyl groups excluding tert-OH is 1. The third-order valence-electron chi connectivity index (χ3n) is 3.46. The quantitative estimate of drug-likeness (QED) is 0.696. The minimum atomic E-state index is -0.225. The molecule has 1 heterocycles. The molecule has 1 aliphatic carbocycles. The molecule has 0 saturated carbocycles. The second-order valence-electron chi connectivity index (χ2n) is 4.21. The van der Waals surface area contributed by atoms with Crippen molar-refractivity contribution in [3.05, 3.63) is 35.4 Å². The Morgan fingerprint density at radius 2 is 2.20 bits per heavy atom. The van der Waals surface area contributed by atoms with Crippen molar-refractivity contribution >= 4 is 5.97 Å². The van der Waals surface area contributed by atoms with Crippen LogP contribution in [-0.2, 0) is 16.0 Å². The summed E-state index contributed by atoms with van der Waals surface area (Å²) < 4.78 is 5.32. The molecule has 3 rings (SSSR count). The van der Waals surface area contributed by atoms with E-state index in [0.717, 1.165) is 5.56 Å². The molecule has 1 fully saturated rings. The third-order valence-corrected chi connectivity index (χ3v) is 3.46. The molecule has 0 unspecified atom stereocenters. The van der Waals surface area contributed by atoms with Crippen LogP contribution < -0.4 is 0 Å². The van der Waals surface area contributed by atoms with Gasteiger partial charge in [0.25, 0.3) is 0 Å². The molecule has 1 aliphatic heterocycles. The number of aliphatic hydroxyl groups is 1. The van der Waals surface area contributed by atoms with Crippen LogP contribution in [-0.4, -0.2) is 17.7 Å². The zero-order valence-corrected chi connectivity index (χ0v) is 8.22. The molecule has 2 aliphatic rings. The lowest BCUT2D eigenvalue weighted by Gasteiger charge is -2.26. The fraction of sp³-hybridized carbons (Fsp3) is 0.417. The maximum atomic E-state index is 11.6. The van der Waals surface area contributed by atoms with E-state index in [2.05, 4.69) is 0 Å². The van der Waals surface area contributed by atoms with Gasteiger partial charge in [0.05, 0.1) is 12.5 Å². The van der Waals surface area contributed by atoms with Crippen molar-refractivity contribution in [2.45, 2.75) is 12.5 Å². The molecule has 1 N–H and O–H groups in total. The lowest BCUT2D eigenvalue weighted by Crippen LogP contribution is -2.27. The molecule has 1 saturated heterocycles. The lowest BCUT2D eigenvalue weighted by molar-refractivity contribution is -0.144. The topological polar surface area (TPSA) is 46.5 Å². The minimum absolute atomic E-state index is 0.0232. The van der Waals surface area contributed by atoms with Gasteiger partial charge < -0.3 is 9.84 Å². The van der Waals surface area contributed by atoms with Crippen molar-refractivity contribution in [3.8, 4) is 0 Å². The molecule has 0 radical (unpaired) electrons. The number of carbonyl (C=O) groups excluding carboxylic acids is 1. The SMILES string of the molecule is O=C1O[C@@H]2c3ccccc3C[C@@H]1[C@H]2CO. The molecule has 78 valence electrons. The first-order valence-electron chi connectivity index (χ1n) is 5.20. The van der Waals surface area contributed by atoms with Crippen LogP contribution in [0.2, 0.25) is 0 Å². The summed E-state index contributed by atoms with van der Waals surface area (Å²) >= 11 is 0. The van der Waals surface area contributed by atoms with Gasteiger partial charge in [-0.1, -0.05) is 24.3 Å². The highest BCUT2D eigenvalue weighted by atomic mass is 16.6. The number of esters is 1. The molecule has 0 aromatic heterocycles. The number of rotatable bonds is 1. The minimum Gasteiger partial charge on any atom is -0.457 e. The Morgan fingerprint density at radius 1 is 1.40 bits per heavy atom. The summed E-state index contributed by atoms with van der Waals surface area (Å²) in [7, 11) is 0. The summed E-state index contributed by atoms with van der Waals surface area (Å²) in [5.41, 5.74) is 2.25. The summed E-state index contributed by atoms with van der Waals surface area (Å²) in [5.74, 6) is -0.349. The monoisotopic (exact) mass is 204 g/mol. The van der Waals surface area contributed by atoms with Gasteiger partial charge in [0.1, 0.15) is 6.10 Å². The lowest BCUT2D eigenvalue weighted by atomic mass is 9.76. The maximum Gasteiger partial charge on any atom is 0.310 e. The molecule has 0 spiro atoms. The highest BCUT2D eigenvalue weighted by molar-refractivity contribution is 5.77. The van der Waals surface area contributed by atoms with Gasteiger partial charge in [-0.15, -0.1) is 0 Å². The fourth-order valence-corrected chi connectivity index (χ4v) is 2.67. The van der Waals surface area contributed by atoms with Crippen molar-refractivity contribution in [3.63, 3.8) is 0 Å². The molecule has 3 atom stereocenters. The number of carbonyl (C=O) groups is 1. The molecule has 3 nitrogen and oxygen atoms in total. The Bertz CT molecular complexity index is 413.